The molecule has 3 nitrogen and oxygen atoms in total. The monoisotopic (exact) mass is 232 g/mol. The van der Waals surface area contributed by atoms with Gasteiger partial charge in [0.25, 0.3) is 0 Å². The zero-order valence-electron chi connectivity index (χ0n) is 9.94. The zero-order chi connectivity index (χ0) is 12.3. The summed E-state index contributed by atoms with van der Waals surface area (Å²) >= 11 is 0. The number of esters is 1. The summed E-state index contributed by atoms with van der Waals surface area (Å²) in [4.78, 5) is 23.9. The molecule has 90 valence electrons. The highest BCUT2D eigenvalue weighted by Crippen LogP contribution is 2.29. The van der Waals surface area contributed by atoms with Crippen LogP contribution >= 0.6 is 0 Å². The molecule has 0 amide bonds. The molecule has 1 aliphatic carbocycles. The summed E-state index contributed by atoms with van der Waals surface area (Å²) in [6.07, 6.45) is 2.13. The molecule has 0 aromatic heterocycles. The fraction of sp³-hybridized carbons (Fsp3) is 0.429. The second-order valence-electron chi connectivity index (χ2n) is 4.20. The summed E-state index contributed by atoms with van der Waals surface area (Å²) in [5, 5.41) is 0. The fourth-order valence-corrected chi connectivity index (χ4v) is 2.30. The van der Waals surface area contributed by atoms with E-state index in [-0.39, 0.29) is 5.78 Å². The number of Topliss-reactive ketones (excluding diaryl/α,β-unsaturated/α-hetero) is 1. The average molecular weight is 232 g/mol. The van der Waals surface area contributed by atoms with Gasteiger partial charge < -0.3 is 4.74 Å². The molecule has 2 rings (SSSR count). The van der Waals surface area contributed by atoms with Gasteiger partial charge in [-0.05, 0) is 30.9 Å². The van der Waals surface area contributed by atoms with E-state index in [9.17, 15) is 9.59 Å². The number of aryl methyl sites for hydroxylation is 1. The molecule has 0 saturated carbocycles. The van der Waals surface area contributed by atoms with E-state index in [1.165, 1.54) is 0 Å². The number of fused-ring (bicyclic) bond motifs is 1. The van der Waals surface area contributed by atoms with E-state index in [2.05, 4.69) is 0 Å². The fourth-order valence-electron chi connectivity index (χ4n) is 2.30. The van der Waals surface area contributed by atoms with E-state index in [1.54, 1.807) is 6.92 Å². The van der Waals surface area contributed by atoms with Crippen molar-refractivity contribution in [1.29, 1.82) is 0 Å². The van der Waals surface area contributed by atoms with Crippen LogP contribution in [-0.2, 0) is 20.7 Å². The molecule has 0 N–H and O–H groups in total. The van der Waals surface area contributed by atoms with Gasteiger partial charge in [-0.25, -0.2) is 0 Å². The smallest absolute Gasteiger partial charge is 0.321 e. The van der Waals surface area contributed by atoms with Crippen molar-refractivity contribution in [3.8, 4) is 0 Å². The Morgan fingerprint density at radius 2 is 2.12 bits per heavy atom. The summed E-state index contributed by atoms with van der Waals surface area (Å²) in [6.45, 7) is 2.07. The Bertz CT molecular complexity index is 437. The highest BCUT2D eigenvalue weighted by molar-refractivity contribution is 6.05. The second-order valence-corrected chi connectivity index (χ2v) is 4.20. The molecule has 0 radical (unpaired) electrons. The largest absolute Gasteiger partial charge is 0.465 e. The molecule has 1 atom stereocenters. The number of ketones is 1. The number of ether oxygens (including phenoxy) is 1. The Kier molecular flexibility index (Phi) is 3.57. The maximum absolute atomic E-state index is 12.0. The third kappa shape index (κ3) is 2.38. The molecule has 1 aliphatic rings. The predicted molar refractivity (Wildman–Crippen MR) is 63.8 cm³/mol. The summed E-state index contributed by atoms with van der Waals surface area (Å²) in [6, 6.07) is 7.65. The first-order chi connectivity index (χ1) is 8.24. The van der Waals surface area contributed by atoms with E-state index in [0.29, 0.717) is 13.0 Å². The number of rotatable bonds is 2. The molecule has 0 bridgehead atoms. The maximum atomic E-state index is 12.0. The number of carbonyl (C=O) groups excluding carboxylic acids is 2. The van der Waals surface area contributed by atoms with Crippen LogP contribution in [0.5, 0.6) is 0 Å². The molecule has 0 heterocycles. The van der Waals surface area contributed by atoms with Crippen LogP contribution in [-0.4, -0.2) is 18.4 Å². The summed E-state index contributed by atoms with van der Waals surface area (Å²) in [5.41, 5.74) is 1.92. The number of hydrogen-bond acceptors (Lipinski definition) is 3. The number of benzene rings is 1. The van der Waals surface area contributed by atoms with Crippen molar-refractivity contribution in [1.82, 2.24) is 0 Å². The predicted octanol–water partition coefficient (Wildman–Crippen LogP) is 2.24. The SMILES string of the molecule is CCOC(=O)C1C(=O)CCCc2ccccc21. The minimum absolute atomic E-state index is 0.0200. The summed E-state index contributed by atoms with van der Waals surface area (Å²) < 4.78 is 5.00. The van der Waals surface area contributed by atoms with E-state index in [0.717, 1.165) is 24.0 Å². The van der Waals surface area contributed by atoms with Crippen LogP contribution in [0, 0.1) is 0 Å². The van der Waals surface area contributed by atoms with E-state index in [4.69, 9.17) is 4.74 Å². The zero-order valence-corrected chi connectivity index (χ0v) is 9.94. The first-order valence-electron chi connectivity index (χ1n) is 6.01. The van der Waals surface area contributed by atoms with Crippen LogP contribution in [0.4, 0.5) is 0 Å². The van der Waals surface area contributed by atoms with Gasteiger partial charge in [-0.15, -0.1) is 0 Å². The molecular weight excluding hydrogens is 216 g/mol. The van der Waals surface area contributed by atoms with E-state index in [1.807, 2.05) is 24.3 Å². The first-order valence-corrected chi connectivity index (χ1v) is 6.01. The van der Waals surface area contributed by atoms with Crippen molar-refractivity contribution >= 4 is 11.8 Å². The molecule has 0 fully saturated rings. The van der Waals surface area contributed by atoms with Crippen LogP contribution in [0.25, 0.3) is 0 Å². The Balaban J connectivity index is 2.40. The lowest BCUT2D eigenvalue weighted by Crippen LogP contribution is -2.23. The highest BCUT2D eigenvalue weighted by atomic mass is 16.5. The standard InChI is InChI=1S/C14H16O3/c1-2-17-14(16)13-11-8-4-3-6-10(11)7-5-9-12(13)15/h3-4,6,8,13H,2,5,7,9H2,1H3. The van der Waals surface area contributed by atoms with Crippen LogP contribution in [0.15, 0.2) is 24.3 Å². The van der Waals surface area contributed by atoms with Crippen LogP contribution in [0.3, 0.4) is 0 Å². The van der Waals surface area contributed by atoms with Crippen molar-refractivity contribution in [2.75, 3.05) is 6.61 Å². The van der Waals surface area contributed by atoms with Gasteiger partial charge in [0.1, 0.15) is 5.92 Å². The quantitative estimate of drug-likeness (QED) is 0.446. The lowest BCUT2D eigenvalue weighted by molar-refractivity contribution is -0.147. The molecule has 1 unspecified atom stereocenters. The number of hydrogen-bond donors (Lipinski definition) is 0. The molecule has 17 heavy (non-hydrogen) atoms. The normalized spacial score (nSPS) is 19.4. The van der Waals surface area contributed by atoms with Crippen molar-refractivity contribution in [2.45, 2.75) is 32.1 Å². The average Bonchev–Trinajstić information content (AvgIpc) is 2.47. The third-order valence-electron chi connectivity index (χ3n) is 3.08. The van der Waals surface area contributed by atoms with Gasteiger partial charge in [-0.2, -0.15) is 0 Å². The minimum atomic E-state index is -0.714. The van der Waals surface area contributed by atoms with Gasteiger partial charge in [-0.3, -0.25) is 9.59 Å². The highest BCUT2D eigenvalue weighted by Gasteiger charge is 2.32. The third-order valence-corrected chi connectivity index (χ3v) is 3.08. The molecule has 1 aromatic carbocycles. The van der Waals surface area contributed by atoms with Gasteiger partial charge in [0.2, 0.25) is 0 Å². The van der Waals surface area contributed by atoms with Gasteiger partial charge in [0.05, 0.1) is 6.61 Å². The van der Waals surface area contributed by atoms with Crippen molar-refractivity contribution in [3.05, 3.63) is 35.4 Å². The Morgan fingerprint density at radius 1 is 1.35 bits per heavy atom. The summed E-state index contributed by atoms with van der Waals surface area (Å²) in [7, 11) is 0. The summed E-state index contributed by atoms with van der Waals surface area (Å²) in [5.74, 6) is -1.14. The minimum Gasteiger partial charge on any atom is -0.465 e. The molecule has 0 spiro atoms. The molecule has 3 heteroatoms. The molecular formula is C14H16O3. The topological polar surface area (TPSA) is 43.4 Å². The van der Waals surface area contributed by atoms with Gasteiger partial charge in [0.15, 0.2) is 5.78 Å². The van der Waals surface area contributed by atoms with Gasteiger partial charge in [0, 0.05) is 6.42 Å². The second kappa shape index (κ2) is 5.13. The molecule has 0 saturated heterocycles. The van der Waals surface area contributed by atoms with Crippen LogP contribution < -0.4 is 0 Å². The Morgan fingerprint density at radius 3 is 2.88 bits per heavy atom. The lowest BCUT2D eigenvalue weighted by Gasteiger charge is -2.14. The van der Waals surface area contributed by atoms with Crippen molar-refractivity contribution < 1.29 is 14.3 Å². The van der Waals surface area contributed by atoms with E-state index >= 15 is 0 Å². The van der Waals surface area contributed by atoms with Crippen LogP contribution in [0.2, 0.25) is 0 Å². The Labute approximate surface area is 101 Å². The van der Waals surface area contributed by atoms with Crippen LogP contribution in [0.1, 0.15) is 36.8 Å². The lowest BCUT2D eigenvalue weighted by atomic mass is 9.92. The van der Waals surface area contributed by atoms with Crippen molar-refractivity contribution in [2.24, 2.45) is 0 Å². The van der Waals surface area contributed by atoms with Gasteiger partial charge >= 0.3 is 5.97 Å². The maximum Gasteiger partial charge on any atom is 0.321 e. The molecule has 1 aromatic rings. The Hall–Kier alpha value is -1.64. The first kappa shape index (κ1) is 11.8. The van der Waals surface area contributed by atoms with E-state index < -0.39 is 11.9 Å². The molecule has 0 aliphatic heterocycles. The van der Waals surface area contributed by atoms with Crippen molar-refractivity contribution in [3.63, 3.8) is 0 Å². The van der Waals surface area contributed by atoms with Gasteiger partial charge in [-0.1, -0.05) is 24.3 Å². The number of carbonyl (C=O) groups is 2.